The minimum Gasteiger partial charge on any atom is -0.481 e. The van der Waals surface area contributed by atoms with Crippen LogP contribution in [0.25, 0.3) is 0 Å². The van der Waals surface area contributed by atoms with Gasteiger partial charge in [-0.1, -0.05) is 0 Å². The molecule has 2 saturated heterocycles. The van der Waals surface area contributed by atoms with Gasteiger partial charge in [-0.05, 0) is 6.42 Å². The van der Waals surface area contributed by atoms with E-state index in [4.69, 9.17) is 5.11 Å². The Balaban J connectivity index is 1.79. The van der Waals surface area contributed by atoms with Crippen LogP contribution in [0.3, 0.4) is 0 Å². The number of hydrogen-bond acceptors (Lipinski definition) is 3. The van der Waals surface area contributed by atoms with E-state index in [-0.39, 0.29) is 0 Å². The molecule has 0 spiro atoms. The summed E-state index contributed by atoms with van der Waals surface area (Å²) < 4.78 is 0. The van der Waals surface area contributed by atoms with Crippen LogP contribution in [0.5, 0.6) is 0 Å². The molecule has 3 nitrogen and oxygen atoms in total. The Morgan fingerprint density at radius 3 is 3.00 bits per heavy atom. The highest BCUT2D eigenvalue weighted by atomic mass is 32.2. The average molecular weight is 187 g/mol. The molecule has 0 radical (unpaired) electrons. The number of aliphatic carboxylic acids is 1. The molecule has 0 aromatic rings. The van der Waals surface area contributed by atoms with E-state index in [9.17, 15) is 4.79 Å². The summed E-state index contributed by atoms with van der Waals surface area (Å²) in [6, 6.07) is 0.680. The van der Waals surface area contributed by atoms with Crippen LogP contribution < -0.4 is 0 Å². The van der Waals surface area contributed by atoms with Gasteiger partial charge in [0.2, 0.25) is 0 Å². The highest BCUT2D eigenvalue weighted by Crippen LogP contribution is 2.37. The summed E-state index contributed by atoms with van der Waals surface area (Å²) in [6.07, 6.45) is 1.58. The first-order valence-electron chi connectivity index (χ1n) is 4.33. The van der Waals surface area contributed by atoms with Crippen LogP contribution in [-0.2, 0) is 4.79 Å². The van der Waals surface area contributed by atoms with Gasteiger partial charge in [0.05, 0.1) is 6.42 Å². The highest BCUT2D eigenvalue weighted by molar-refractivity contribution is 8.00. The normalized spacial score (nSPS) is 34.3. The fourth-order valence-corrected chi connectivity index (χ4v) is 3.49. The summed E-state index contributed by atoms with van der Waals surface area (Å²) in [5.74, 6) is 0.537. The summed E-state index contributed by atoms with van der Waals surface area (Å²) in [5, 5.41) is 9.31. The van der Waals surface area contributed by atoms with Crippen LogP contribution >= 0.6 is 11.8 Å². The molecule has 0 aromatic carbocycles. The lowest BCUT2D eigenvalue weighted by atomic mass is 10.2. The quantitative estimate of drug-likeness (QED) is 0.704. The fraction of sp³-hybridized carbons (Fsp3) is 0.875. The third kappa shape index (κ3) is 1.59. The third-order valence-electron chi connectivity index (χ3n) is 2.63. The third-order valence-corrected chi connectivity index (χ3v) is 4.02. The number of carboxylic acids is 1. The number of carbonyl (C=O) groups is 1. The predicted octanol–water partition coefficient (Wildman–Crippen LogP) is 0.651. The maximum atomic E-state index is 10.3. The summed E-state index contributed by atoms with van der Waals surface area (Å²) in [6.45, 7) is 1.86. The van der Waals surface area contributed by atoms with Crippen molar-refractivity contribution in [1.82, 2.24) is 4.90 Å². The lowest BCUT2D eigenvalue weighted by molar-refractivity contribution is -0.137. The van der Waals surface area contributed by atoms with Crippen LogP contribution in [0.4, 0.5) is 0 Å². The van der Waals surface area contributed by atoms with Crippen LogP contribution in [0.1, 0.15) is 12.8 Å². The van der Waals surface area contributed by atoms with Gasteiger partial charge in [0.1, 0.15) is 0 Å². The molecule has 2 fully saturated rings. The van der Waals surface area contributed by atoms with Crippen molar-refractivity contribution in [1.29, 1.82) is 0 Å². The van der Waals surface area contributed by atoms with E-state index >= 15 is 0 Å². The Hall–Kier alpha value is -0.220. The Bertz CT molecular complexity index is 197. The summed E-state index contributed by atoms with van der Waals surface area (Å²) in [5.41, 5.74) is 0. The van der Waals surface area contributed by atoms with Crippen molar-refractivity contribution in [3.8, 4) is 0 Å². The molecule has 2 unspecified atom stereocenters. The first kappa shape index (κ1) is 8.38. The Morgan fingerprint density at radius 1 is 1.67 bits per heavy atom. The lowest BCUT2D eigenvalue weighted by Crippen LogP contribution is -2.35. The molecule has 2 bridgehead atoms. The van der Waals surface area contributed by atoms with Crippen LogP contribution in [0, 0.1) is 0 Å². The summed E-state index contributed by atoms with van der Waals surface area (Å²) in [4.78, 5) is 12.7. The van der Waals surface area contributed by atoms with Crippen LogP contribution in [0.15, 0.2) is 0 Å². The van der Waals surface area contributed by atoms with Gasteiger partial charge in [-0.15, -0.1) is 0 Å². The number of rotatable bonds is 3. The van der Waals surface area contributed by atoms with E-state index in [1.165, 1.54) is 12.2 Å². The van der Waals surface area contributed by atoms with Crippen molar-refractivity contribution >= 4 is 17.7 Å². The fourth-order valence-electron chi connectivity index (χ4n) is 1.99. The van der Waals surface area contributed by atoms with Gasteiger partial charge >= 0.3 is 5.97 Å². The predicted molar refractivity (Wildman–Crippen MR) is 48.5 cm³/mol. The largest absolute Gasteiger partial charge is 0.481 e. The van der Waals surface area contributed by atoms with E-state index in [0.29, 0.717) is 12.5 Å². The van der Waals surface area contributed by atoms with Gasteiger partial charge in [-0.3, -0.25) is 9.69 Å². The van der Waals surface area contributed by atoms with Crippen molar-refractivity contribution in [2.75, 3.05) is 18.8 Å². The van der Waals surface area contributed by atoms with Gasteiger partial charge in [0.25, 0.3) is 0 Å². The molecule has 4 heteroatoms. The molecule has 68 valence electrons. The van der Waals surface area contributed by atoms with Crippen LogP contribution in [-0.4, -0.2) is 46.1 Å². The minimum absolute atomic E-state index is 0.299. The SMILES string of the molecule is O=C(O)CCN1CC2CC1CS2. The second-order valence-corrected chi connectivity index (χ2v) is 4.82. The molecule has 0 amide bonds. The molecule has 0 saturated carbocycles. The van der Waals surface area contributed by atoms with E-state index in [2.05, 4.69) is 4.90 Å². The maximum absolute atomic E-state index is 10.3. The zero-order valence-corrected chi connectivity index (χ0v) is 7.72. The van der Waals surface area contributed by atoms with Crippen molar-refractivity contribution < 1.29 is 9.90 Å². The number of carboxylic acid groups (broad SMARTS) is 1. The van der Waals surface area contributed by atoms with Gasteiger partial charge in [0.15, 0.2) is 0 Å². The van der Waals surface area contributed by atoms with E-state index in [1.54, 1.807) is 0 Å². The topological polar surface area (TPSA) is 40.5 Å². The lowest BCUT2D eigenvalue weighted by Gasteiger charge is -2.25. The smallest absolute Gasteiger partial charge is 0.304 e. The maximum Gasteiger partial charge on any atom is 0.304 e. The molecule has 12 heavy (non-hydrogen) atoms. The molecule has 2 atom stereocenters. The molecular formula is C8H13NO2S. The molecule has 0 aromatic heterocycles. The zero-order valence-electron chi connectivity index (χ0n) is 6.90. The number of thioether (sulfide) groups is 1. The Labute approximate surface area is 76.1 Å². The number of nitrogens with zero attached hydrogens (tertiary/aromatic N) is 1. The van der Waals surface area contributed by atoms with Crippen molar-refractivity contribution in [2.24, 2.45) is 0 Å². The number of likely N-dealkylation sites (tertiary alicyclic amines) is 1. The second kappa shape index (κ2) is 3.26. The number of fused-ring (bicyclic) bond motifs is 2. The molecule has 2 aliphatic heterocycles. The standard InChI is InChI=1S/C8H13NO2S/c10-8(11)1-2-9-4-7-3-6(9)5-12-7/h6-7H,1-5H2,(H,10,11). The molecule has 2 aliphatic rings. The Morgan fingerprint density at radius 2 is 2.50 bits per heavy atom. The van der Waals surface area contributed by atoms with Crippen molar-refractivity contribution in [3.05, 3.63) is 0 Å². The van der Waals surface area contributed by atoms with Gasteiger partial charge in [0, 0.05) is 30.1 Å². The molecule has 0 aliphatic carbocycles. The Kier molecular flexibility index (Phi) is 2.28. The highest BCUT2D eigenvalue weighted by Gasteiger charge is 2.37. The van der Waals surface area contributed by atoms with Crippen LogP contribution in [0.2, 0.25) is 0 Å². The average Bonchev–Trinajstić information content (AvgIpc) is 2.60. The molecular weight excluding hydrogens is 174 g/mol. The zero-order chi connectivity index (χ0) is 8.55. The monoisotopic (exact) mass is 187 g/mol. The van der Waals surface area contributed by atoms with Gasteiger partial charge in [-0.25, -0.2) is 0 Å². The first-order chi connectivity index (χ1) is 5.75. The second-order valence-electron chi connectivity index (χ2n) is 3.48. The van der Waals surface area contributed by atoms with Crippen molar-refractivity contribution in [3.63, 3.8) is 0 Å². The van der Waals surface area contributed by atoms with E-state index < -0.39 is 5.97 Å². The number of hydrogen-bond donors (Lipinski definition) is 1. The summed E-state index contributed by atoms with van der Waals surface area (Å²) in [7, 11) is 0. The van der Waals surface area contributed by atoms with Gasteiger partial charge < -0.3 is 5.11 Å². The van der Waals surface area contributed by atoms with E-state index in [1.807, 2.05) is 11.8 Å². The van der Waals surface area contributed by atoms with E-state index in [0.717, 1.165) is 18.3 Å². The first-order valence-corrected chi connectivity index (χ1v) is 5.38. The molecule has 2 heterocycles. The molecule has 1 N–H and O–H groups in total. The minimum atomic E-state index is -0.676. The van der Waals surface area contributed by atoms with Crippen molar-refractivity contribution in [2.45, 2.75) is 24.1 Å². The van der Waals surface area contributed by atoms with Gasteiger partial charge in [-0.2, -0.15) is 11.8 Å². The summed E-state index contributed by atoms with van der Waals surface area (Å²) >= 11 is 2.04. The molecule has 2 rings (SSSR count).